The van der Waals surface area contributed by atoms with Gasteiger partial charge in [0.15, 0.2) is 5.69 Å². The quantitative estimate of drug-likeness (QED) is 0.551. The molecule has 0 aliphatic rings. The van der Waals surface area contributed by atoms with Crippen LogP contribution in [0.4, 0.5) is 0 Å². The van der Waals surface area contributed by atoms with Crippen LogP contribution in [0.15, 0.2) is 79.3 Å². The number of carbonyl (C=O) groups excluding carboxylic acids is 1. The summed E-state index contributed by atoms with van der Waals surface area (Å²) < 4.78 is 1.74. The van der Waals surface area contributed by atoms with Gasteiger partial charge in [-0.2, -0.15) is 0 Å². The second kappa shape index (κ2) is 8.43. The summed E-state index contributed by atoms with van der Waals surface area (Å²) in [5.41, 5.74) is 3.61. The fraction of sp³-hybridized carbons (Fsp3) is 0.136. The van der Waals surface area contributed by atoms with Gasteiger partial charge in [0.25, 0.3) is 5.91 Å². The lowest BCUT2D eigenvalue weighted by molar-refractivity contribution is 0.0934. The molecule has 0 saturated carbocycles. The van der Waals surface area contributed by atoms with Gasteiger partial charge in [0.1, 0.15) is 5.69 Å². The third kappa shape index (κ3) is 4.19. The first kappa shape index (κ1) is 18.5. The minimum atomic E-state index is -0.297. The fourth-order valence-corrected chi connectivity index (χ4v) is 3.10. The molecule has 4 rings (SSSR count). The van der Waals surface area contributed by atoms with Crippen LogP contribution >= 0.6 is 0 Å². The Balaban J connectivity index is 1.67. The standard InChI is InChI=1S/C22H20N6O/c1-16(19-9-5-6-12-24-19)25-22(29)20-21(18-10-13-23-14-11-18)28(27-26-20)15-17-7-3-2-4-8-17/h2-14,16H,15H2,1H3,(H,25,29)/t16-/m0/s1. The molecular weight excluding hydrogens is 364 g/mol. The maximum absolute atomic E-state index is 13.0. The number of benzene rings is 1. The third-order valence-corrected chi connectivity index (χ3v) is 4.56. The van der Waals surface area contributed by atoms with E-state index >= 15 is 0 Å². The fourth-order valence-electron chi connectivity index (χ4n) is 3.10. The minimum absolute atomic E-state index is 0.256. The van der Waals surface area contributed by atoms with Crippen LogP contribution in [0.25, 0.3) is 11.3 Å². The summed E-state index contributed by atoms with van der Waals surface area (Å²) >= 11 is 0. The van der Waals surface area contributed by atoms with Crippen LogP contribution < -0.4 is 5.32 Å². The van der Waals surface area contributed by atoms with Crippen LogP contribution in [0.5, 0.6) is 0 Å². The van der Waals surface area contributed by atoms with Crippen molar-refractivity contribution in [2.45, 2.75) is 19.5 Å². The Hall–Kier alpha value is -3.87. The van der Waals surface area contributed by atoms with Crippen molar-refractivity contribution in [2.75, 3.05) is 0 Å². The van der Waals surface area contributed by atoms with Gasteiger partial charge in [-0.05, 0) is 36.8 Å². The van der Waals surface area contributed by atoms with E-state index in [0.29, 0.717) is 12.2 Å². The lowest BCUT2D eigenvalue weighted by Gasteiger charge is -2.13. The highest BCUT2D eigenvalue weighted by Crippen LogP contribution is 2.23. The Labute approximate surface area is 168 Å². The van der Waals surface area contributed by atoms with E-state index in [-0.39, 0.29) is 17.6 Å². The summed E-state index contributed by atoms with van der Waals surface area (Å²) in [4.78, 5) is 21.4. The average Bonchev–Trinajstić information content (AvgIpc) is 3.19. The molecule has 3 aromatic heterocycles. The number of amides is 1. The van der Waals surface area contributed by atoms with Gasteiger partial charge in [0, 0.05) is 24.2 Å². The topological polar surface area (TPSA) is 85.6 Å². The highest BCUT2D eigenvalue weighted by atomic mass is 16.2. The summed E-state index contributed by atoms with van der Waals surface area (Å²) in [7, 11) is 0. The van der Waals surface area contributed by atoms with Crippen LogP contribution in [-0.4, -0.2) is 30.9 Å². The Morgan fingerprint density at radius 2 is 1.76 bits per heavy atom. The van der Waals surface area contributed by atoms with E-state index in [4.69, 9.17) is 0 Å². The molecule has 1 amide bonds. The van der Waals surface area contributed by atoms with Gasteiger partial charge < -0.3 is 5.32 Å². The molecule has 29 heavy (non-hydrogen) atoms. The van der Waals surface area contributed by atoms with E-state index < -0.39 is 0 Å². The lowest BCUT2D eigenvalue weighted by atomic mass is 10.1. The van der Waals surface area contributed by atoms with Gasteiger partial charge in [-0.1, -0.05) is 41.6 Å². The molecule has 1 N–H and O–H groups in total. The Morgan fingerprint density at radius 3 is 2.48 bits per heavy atom. The second-order valence-electron chi connectivity index (χ2n) is 6.62. The van der Waals surface area contributed by atoms with E-state index in [1.54, 1.807) is 23.3 Å². The van der Waals surface area contributed by atoms with E-state index in [1.165, 1.54) is 0 Å². The number of nitrogens with zero attached hydrogens (tertiary/aromatic N) is 5. The molecule has 0 radical (unpaired) electrons. The van der Waals surface area contributed by atoms with Gasteiger partial charge in [0.05, 0.1) is 18.3 Å². The number of aromatic nitrogens is 5. The van der Waals surface area contributed by atoms with Crippen molar-refractivity contribution < 1.29 is 4.79 Å². The van der Waals surface area contributed by atoms with Crippen LogP contribution in [0, 0.1) is 0 Å². The van der Waals surface area contributed by atoms with Crippen LogP contribution in [0.2, 0.25) is 0 Å². The number of hydrogen-bond acceptors (Lipinski definition) is 5. The van der Waals surface area contributed by atoms with Gasteiger partial charge in [-0.3, -0.25) is 14.8 Å². The molecule has 0 aliphatic heterocycles. The molecule has 4 aromatic rings. The van der Waals surface area contributed by atoms with E-state index in [0.717, 1.165) is 16.8 Å². The molecule has 3 heterocycles. The molecule has 1 aromatic carbocycles. The van der Waals surface area contributed by atoms with E-state index in [1.807, 2.05) is 67.6 Å². The van der Waals surface area contributed by atoms with Crippen molar-refractivity contribution in [3.63, 3.8) is 0 Å². The molecule has 0 aliphatic carbocycles. The van der Waals surface area contributed by atoms with Crippen molar-refractivity contribution in [1.82, 2.24) is 30.3 Å². The summed E-state index contributed by atoms with van der Waals surface area (Å²) in [6, 6.07) is 19.0. The molecule has 7 heteroatoms. The van der Waals surface area contributed by atoms with Crippen molar-refractivity contribution >= 4 is 5.91 Å². The summed E-state index contributed by atoms with van der Waals surface area (Å²) in [6.45, 7) is 2.40. The number of rotatable bonds is 6. The Kier molecular flexibility index (Phi) is 5.38. The molecular formula is C22H20N6O. The maximum Gasteiger partial charge on any atom is 0.274 e. The normalized spacial score (nSPS) is 11.8. The molecule has 0 bridgehead atoms. The molecule has 1 atom stereocenters. The molecule has 0 spiro atoms. The lowest BCUT2D eigenvalue weighted by Crippen LogP contribution is -2.28. The van der Waals surface area contributed by atoms with Crippen molar-refractivity contribution in [1.29, 1.82) is 0 Å². The smallest absolute Gasteiger partial charge is 0.274 e. The monoisotopic (exact) mass is 384 g/mol. The summed E-state index contributed by atoms with van der Waals surface area (Å²) in [5, 5.41) is 11.4. The Bertz CT molecular complexity index is 1080. The third-order valence-electron chi connectivity index (χ3n) is 4.56. The van der Waals surface area contributed by atoms with E-state index in [2.05, 4.69) is 25.6 Å². The Morgan fingerprint density at radius 1 is 1.00 bits per heavy atom. The largest absolute Gasteiger partial charge is 0.342 e. The second-order valence-corrected chi connectivity index (χ2v) is 6.62. The highest BCUT2D eigenvalue weighted by molar-refractivity contribution is 5.98. The maximum atomic E-state index is 13.0. The molecule has 0 saturated heterocycles. The molecule has 7 nitrogen and oxygen atoms in total. The predicted octanol–water partition coefficient (Wildman–Crippen LogP) is 3.27. The first-order valence-corrected chi connectivity index (χ1v) is 9.32. The van der Waals surface area contributed by atoms with Crippen LogP contribution in [-0.2, 0) is 6.54 Å². The summed E-state index contributed by atoms with van der Waals surface area (Å²) in [5.74, 6) is -0.297. The molecule has 0 unspecified atom stereocenters. The first-order chi connectivity index (χ1) is 14.2. The average molecular weight is 384 g/mol. The van der Waals surface area contributed by atoms with Gasteiger partial charge in [-0.15, -0.1) is 5.10 Å². The molecule has 144 valence electrons. The zero-order valence-electron chi connectivity index (χ0n) is 15.9. The van der Waals surface area contributed by atoms with Crippen LogP contribution in [0.3, 0.4) is 0 Å². The number of pyridine rings is 2. The van der Waals surface area contributed by atoms with Gasteiger partial charge >= 0.3 is 0 Å². The van der Waals surface area contributed by atoms with Crippen molar-refractivity contribution in [3.05, 3.63) is 96.2 Å². The zero-order chi connectivity index (χ0) is 20.1. The number of carbonyl (C=O) groups is 1. The predicted molar refractivity (Wildman–Crippen MR) is 109 cm³/mol. The highest BCUT2D eigenvalue weighted by Gasteiger charge is 2.23. The van der Waals surface area contributed by atoms with Gasteiger partial charge in [-0.25, -0.2) is 4.68 Å². The van der Waals surface area contributed by atoms with Gasteiger partial charge in [0.2, 0.25) is 0 Å². The van der Waals surface area contributed by atoms with Crippen molar-refractivity contribution in [3.8, 4) is 11.3 Å². The SMILES string of the molecule is C[C@H](NC(=O)c1nnn(Cc2ccccc2)c1-c1ccncc1)c1ccccn1. The van der Waals surface area contributed by atoms with Crippen molar-refractivity contribution in [2.24, 2.45) is 0 Å². The van der Waals surface area contributed by atoms with E-state index in [9.17, 15) is 4.79 Å². The summed E-state index contributed by atoms with van der Waals surface area (Å²) in [6.07, 6.45) is 5.08. The number of hydrogen-bond donors (Lipinski definition) is 1. The zero-order valence-corrected chi connectivity index (χ0v) is 15.9. The number of nitrogens with one attached hydrogen (secondary N) is 1. The molecule has 0 fully saturated rings. The first-order valence-electron chi connectivity index (χ1n) is 9.32. The van der Waals surface area contributed by atoms with Crippen LogP contribution in [0.1, 0.15) is 34.7 Å². The minimum Gasteiger partial charge on any atom is -0.342 e.